The molecule has 2 fully saturated rings. The number of aryl methyl sites for hydroxylation is 2. The van der Waals surface area contributed by atoms with Crippen molar-refractivity contribution in [1.82, 2.24) is 4.90 Å². The van der Waals surface area contributed by atoms with Gasteiger partial charge in [0.15, 0.2) is 0 Å². The normalized spacial score (nSPS) is 24.4. The second kappa shape index (κ2) is 10.9. The van der Waals surface area contributed by atoms with E-state index in [0.717, 1.165) is 24.4 Å². The number of benzene rings is 2. The molecule has 2 aromatic rings. The van der Waals surface area contributed by atoms with Crippen LogP contribution in [0, 0.1) is 13.8 Å². The first-order valence-electron chi connectivity index (χ1n) is 11.6. The molecule has 6 heteroatoms. The summed E-state index contributed by atoms with van der Waals surface area (Å²) in [7, 11) is -2.12. The van der Waals surface area contributed by atoms with Gasteiger partial charge in [0.05, 0.1) is 10.5 Å². The third kappa shape index (κ3) is 6.19. The summed E-state index contributed by atoms with van der Waals surface area (Å²) >= 11 is 0. The van der Waals surface area contributed by atoms with Crippen LogP contribution in [0.4, 0.5) is 0 Å². The lowest BCUT2D eigenvalue weighted by Crippen LogP contribution is -2.45. The Morgan fingerprint density at radius 2 is 1.53 bits per heavy atom. The van der Waals surface area contributed by atoms with Crippen molar-refractivity contribution in [3.63, 3.8) is 0 Å². The van der Waals surface area contributed by atoms with E-state index in [-0.39, 0.29) is 10.5 Å². The minimum atomic E-state index is -4.02. The van der Waals surface area contributed by atoms with Gasteiger partial charge in [0.2, 0.25) is 0 Å². The highest BCUT2D eigenvalue weighted by Crippen LogP contribution is 2.42. The second-order valence-corrected chi connectivity index (χ2v) is 10.6. The maximum Gasteiger partial charge on any atom is 0.294 e. The van der Waals surface area contributed by atoms with Crippen molar-refractivity contribution in [2.45, 2.75) is 75.3 Å². The number of piperidine rings is 1. The molecule has 1 aliphatic heterocycles. The van der Waals surface area contributed by atoms with Gasteiger partial charge in [0.25, 0.3) is 10.1 Å². The molecule has 1 aliphatic carbocycles. The number of likely N-dealkylation sites (tertiary alicyclic amines) is 1. The Morgan fingerprint density at radius 3 is 2.06 bits per heavy atom. The number of methoxy groups -OCH3 is 1. The van der Waals surface area contributed by atoms with Gasteiger partial charge in [-0.3, -0.25) is 4.55 Å². The zero-order valence-corrected chi connectivity index (χ0v) is 20.4. The SMILES string of the molecule is COC1(c2ccccc2C)CCC(N2CCCCC2)CC1.Cc1ccc(S(=O)(=O)O)cc1. The summed E-state index contributed by atoms with van der Waals surface area (Å²) in [5.74, 6) is 0. The van der Waals surface area contributed by atoms with Crippen LogP contribution in [-0.4, -0.2) is 44.1 Å². The van der Waals surface area contributed by atoms with E-state index >= 15 is 0 Å². The van der Waals surface area contributed by atoms with Crippen molar-refractivity contribution in [3.05, 3.63) is 65.2 Å². The number of hydrogen-bond acceptors (Lipinski definition) is 4. The molecular weight excluding hydrogens is 422 g/mol. The maximum atomic E-state index is 10.5. The molecule has 0 atom stereocenters. The quantitative estimate of drug-likeness (QED) is 0.611. The summed E-state index contributed by atoms with van der Waals surface area (Å²) in [6.07, 6.45) is 9.09. The Labute approximate surface area is 193 Å². The van der Waals surface area contributed by atoms with Gasteiger partial charge < -0.3 is 9.64 Å². The monoisotopic (exact) mass is 459 g/mol. The summed E-state index contributed by atoms with van der Waals surface area (Å²) < 4.78 is 35.6. The van der Waals surface area contributed by atoms with Gasteiger partial charge in [-0.15, -0.1) is 0 Å². The van der Waals surface area contributed by atoms with Crippen LogP contribution in [0.1, 0.15) is 61.6 Å². The molecule has 0 bridgehead atoms. The first-order valence-corrected chi connectivity index (χ1v) is 13.1. The number of ether oxygens (including phenoxy) is 1. The van der Waals surface area contributed by atoms with Gasteiger partial charge >= 0.3 is 0 Å². The number of rotatable bonds is 4. The molecule has 0 amide bonds. The Hall–Kier alpha value is -1.73. The van der Waals surface area contributed by atoms with E-state index < -0.39 is 10.1 Å². The molecule has 176 valence electrons. The lowest BCUT2D eigenvalue weighted by molar-refractivity contribution is -0.0628. The summed E-state index contributed by atoms with van der Waals surface area (Å²) in [4.78, 5) is 2.67. The van der Waals surface area contributed by atoms with Crippen molar-refractivity contribution in [2.75, 3.05) is 20.2 Å². The third-order valence-electron chi connectivity index (χ3n) is 7.02. The summed E-state index contributed by atoms with van der Waals surface area (Å²) in [6.45, 7) is 6.69. The van der Waals surface area contributed by atoms with Gasteiger partial charge in [0.1, 0.15) is 0 Å². The Kier molecular flexibility index (Phi) is 8.50. The fourth-order valence-corrected chi connectivity index (χ4v) is 5.58. The van der Waals surface area contributed by atoms with E-state index in [1.54, 1.807) is 12.1 Å². The van der Waals surface area contributed by atoms with E-state index in [2.05, 4.69) is 36.1 Å². The molecule has 1 saturated carbocycles. The van der Waals surface area contributed by atoms with Crippen LogP contribution in [0.2, 0.25) is 0 Å². The molecule has 5 nitrogen and oxygen atoms in total. The zero-order chi connectivity index (χ0) is 23.2. The summed E-state index contributed by atoms with van der Waals surface area (Å²) in [6, 6.07) is 15.5. The third-order valence-corrected chi connectivity index (χ3v) is 7.88. The Morgan fingerprint density at radius 1 is 0.938 bits per heavy atom. The molecule has 1 heterocycles. The molecule has 0 spiro atoms. The van der Waals surface area contributed by atoms with Gasteiger partial charge in [0, 0.05) is 13.2 Å². The predicted molar refractivity (Wildman–Crippen MR) is 129 cm³/mol. The molecule has 32 heavy (non-hydrogen) atoms. The topological polar surface area (TPSA) is 66.8 Å². The fraction of sp³-hybridized carbons (Fsp3) is 0.538. The molecule has 0 radical (unpaired) electrons. The van der Waals surface area contributed by atoms with E-state index in [9.17, 15) is 8.42 Å². The Bertz CT molecular complexity index is 958. The molecule has 0 unspecified atom stereocenters. The van der Waals surface area contributed by atoms with E-state index in [0.29, 0.717) is 0 Å². The standard InChI is InChI=1S/C19H29NO.C7H8O3S/c1-16-8-4-5-9-18(16)19(21-2)12-10-17(11-13-19)20-14-6-3-7-15-20;1-6-2-4-7(5-3-6)11(8,9)10/h4-5,8-9,17H,3,6-7,10-15H2,1-2H3;2-5H,1H3,(H,8,9,10). The lowest BCUT2D eigenvalue weighted by Gasteiger charge is -2.44. The summed E-state index contributed by atoms with van der Waals surface area (Å²) in [5.41, 5.74) is 3.69. The van der Waals surface area contributed by atoms with Gasteiger partial charge in [-0.25, -0.2) is 0 Å². The lowest BCUT2D eigenvalue weighted by atomic mass is 9.75. The molecule has 1 saturated heterocycles. The fourth-order valence-electron chi connectivity index (χ4n) is 5.10. The van der Waals surface area contributed by atoms with E-state index in [4.69, 9.17) is 9.29 Å². The highest BCUT2D eigenvalue weighted by atomic mass is 32.2. The Balaban J connectivity index is 0.000000222. The number of hydrogen-bond donors (Lipinski definition) is 1. The first kappa shape index (κ1) is 24.9. The van der Waals surface area contributed by atoms with Crippen LogP contribution in [0.15, 0.2) is 53.4 Å². The van der Waals surface area contributed by atoms with Crippen LogP contribution in [-0.2, 0) is 20.5 Å². The van der Waals surface area contributed by atoms with Crippen molar-refractivity contribution in [1.29, 1.82) is 0 Å². The molecule has 4 rings (SSSR count). The minimum Gasteiger partial charge on any atom is -0.374 e. The van der Waals surface area contributed by atoms with Crippen LogP contribution in [0.5, 0.6) is 0 Å². The second-order valence-electron chi connectivity index (χ2n) is 9.13. The number of nitrogens with zero attached hydrogens (tertiary/aromatic N) is 1. The molecule has 1 N–H and O–H groups in total. The van der Waals surface area contributed by atoms with Crippen LogP contribution in [0.25, 0.3) is 0 Å². The maximum absolute atomic E-state index is 10.5. The van der Waals surface area contributed by atoms with Crippen LogP contribution < -0.4 is 0 Å². The summed E-state index contributed by atoms with van der Waals surface area (Å²) in [5, 5.41) is 0. The van der Waals surface area contributed by atoms with Crippen molar-refractivity contribution < 1.29 is 17.7 Å². The van der Waals surface area contributed by atoms with Gasteiger partial charge in [-0.2, -0.15) is 8.42 Å². The smallest absolute Gasteiger partial charge is 0.294 e. The van der Waals surface area contributed by atoms with Gasteiger partial charge in [-0.05, 0) is 88.7 Å². The van der Waals surface area contributed by atoms with E-state index in [1.807, 2.05) is 14.0 Å². The van der Waals surface area contributed by atoms with E-state index in [1.165, 1.54) is 68.5 Å². The highest BCUT2D eigenvalue weighted by molar-refractivity contribution is 7.85. The first-order chi connectivity index (χ1) is 15.2. The van der Waals surface area contributed by atoms with Gasteiger partial charge in [-0.1, -0.05) is 48.4 Å². The molecule has 2 aliphatic rings. The molecule has 0 aromatic heterocycles. The van der Waals surface area contributed by atoms with Crippen molar-refractivity contribution in [2.24, 2.45) is 0 Å². The average molecular weight is 460 g/mol. The largest absolute Gasteiger partial charge is 0.374 e. The van der Waals surface area contributed by atoms with Crippen molar-refractivity contribution >= 4 is 10.1 Å². The zero-order valence-electron chi connectivity index (χ0n) is 19.6. The average Bonchev–Trinajstić information content (AvgIpc) is 2.80. The molecule has 2 aromatic carbocycles. The minimum absolute atomic E-state index is 0.0440. The van der Waals surface area contributed by atoms with Crippen LogP contribution >= 0.6 is 0 Å². The van der Waals surface area contributed by atoms with Crippen molar-refractivity contribution in [3.8, 4) is 0 Å². The molecular formula is C26H37NO4S. The van der Waals surface area contributed by atoms with Crippen LogP contribution in [0.3, 0.4) is 0 Å². The highest BCUT2D eigenvalue weighted by Gasteiger charge is 2.39. The predicted octanol–water partition coefficient (Wildman–Crippen LogP) is 5.51.